The van der Waals surface area contributed by atoms with Gasteiger partial charge in [-0.05, 0) is 41.7 Å². The van der Waals surface area contributed by atoms with Crippen LogP contribution in [0.4, 0.5) is 10.9 Å². The number of nitrogens with zero attached hydrogens (tertiary/aromatic N) is 5. The number of hydrogen-bond donors (Lipinski definition) is 4. The Kier molecular flexibility index (Phi) is 9.22. The van der Waals surface area contributed by atoms with E-state index in [0.29, 0.717) is 16.5 Å². The number of anilines is 2. The summed E-state index contributed by atoms with van der Waals surface area (Å²) in [6, 6.07) is 8.43. The Hall–Kier alpha value is -4.68. The molecule has 0 aliphatic carbocycles. The number of nitrogens with one attached hydrogen (secondary N) is 1. The summed E-state index contributed by atoms with van der Waals surface area (Å²) in [5, 5.41) is 27.9. The molecule has 0 bridgehead atoms. The fourth-order valence-electron chi connectivity index (χ4n) is 4.47. The lowest BCUT2D eigenvalue weighted by atomic mass is 10.0. The quantitative estimate of drug-likeness (QED) is 0.0520. The molecule has 6 N–H and O–H groups in total. The first-order valence-corrected chi connectivity index (χ1v) is 16.4. The van der Waals surface area contributed by atoms with Gasteiger partial charge < -0.3 is 36.6 Å². The van der Waals surface area contributed by atoms with Crippen LogP contribution in [0, 0.1) is 0 Å². The van der Waals surface area contributed by atoms with Gasteiger partial charge in [0.1, 0.15) is 17.6 Å². The number of aryl methyl sites for hydroxylation is 1. The molecule has 1 aromatic carbocycles. The second-order valence-corrected chi connectivity index (χ2v) is 13.7. The number of amides is 2. The number of carbonyl (C=O) groups is 4. The van der Waals surface area contributed by atoms with E-state index in [1.165, 1.54) is 43.6 Å². The van der Waals surface area contributed by atoms with Crippen molar-refractivity contribution in [2.24, 2.45) is 12.2 Å². The molecule has 2 aliphatic heterocycles. The van der Waals surface area contributed by atoms with Gasteiger partial charge in [0, 0.05) is 17.7 Å². The summed E-state index contributed by atoms with van der Waals surface area (Å²) in [4.78, 5) is 65.1. The van der Waals surface area contributed by atoms with Gasteiger partial charge in [-0.2, -0.15) is 0 Å². The number of aromatic nitrogens is 3. The molecule has 1 fully saturated rings. The van der Waals surface area contributed by atoms with E-state index < -0.39 is 40.8 Å². The largest absolute Gasteiger partial charge is 0.543 e. The first-order valence-electron chi connectivity index (χ1n) is 13.5. The number of carboxylic acid groups (broad SMARTS) is 2. The van der Waals surface area contributed by atoms with E-state index in [1.807, 2.05) is 36.5 Å². The molecular formula is C28H28N8O7S3. The van der Waals surface area contributed by atoms with Crippen molar-refractivity contribution in [3.63, 3.8) is 0 Å². The van der Waals surface area contributed by atoms with Crippen molar-refractivity contribution in [3.05, 3.63) is 58.9 Å². The van der Waals surface area contributed by atoms with E-state index in [4.69, 9.17) is 16.3 Å². The van der Waals surface area contributed by atoms with Gasteiger partial charge in [-0.3, -0.25) is 14.5 Å². The predicted octanol–water partition coefficient (Wildman–Crippen LogP) is -0.0259. The lowest BCUT2D eigenvalue weighted by Gasteiger charge is -2.50. The fourth-order valence-corrected chi connectivity index (χ4v) is 7.57. The molecule has 240 valence electrons. The van der Waals surface area contributed by atoms with E-state index in [2.05, 4.69) is 20.4 Å². The summed E-state index contributed by atoms with van der Waals surface area (Å²) in [5.74, 6) is -3.63. The minimum Gasteiger partial charge on any atom is -0.543 e. The van der Waals surface area contributed by atoms with Gasteiger partial charge in [0.2, 0.25) is 5.60 Å². The number of fused-ring (bicyclic) bond motifs is 1. The van der Waals surface area contributed by atoms with E-state index in [-0.39, 0.29) is 32.9 Å². The highest BCUT2D eigenvalue weighted by Gasteiger charge is 2.53. The number of nitrogens with two attached hydrogens (primary N) is 2. The van der Waals surface area contributed by atoms with Crippen LogP contribution in [0.1, 0.15) is 18.7 Å². The van der Waals surface area contributed by atoms with Gasteiger partial charge in [-0.25, -0.2) is 14.3 Å². The van der Waals surface area contributed by atoms with Crippen LogP contribution in [0.25, 0.3) is 11.1 Å². The van der Waals surface area contributed by atoms with Crippen molar-refractivity contribution in [2.45, 2.75) is 36.0 Å². The predicted molar refractivity (Wildman–Crippen MR) is 169 cm³/mol. The zero-order chi connectivity index (χ0) is 33.3. The maximum atomic E-state index is 13.3. The van der Waals surface area contributed by atoms with Crippen LogP contribution < -0.4 is 26.5 Å². The van der Waals surface area contributed by atoms with Crippen molar-refractivity contribution in [1.82, 2.24) is 20.2 Å². The number of nitrogen functional groups attached to an aromatic ring is 2. The number of carbonyl (C=O) groups excluding carboxylic acids is 3. The number of rotatable bonds is 11. The third-order valence-corrected chi connectivity index (χ3v) is 10.3. The molecule has 3 aromatic rings. The molecule has 0 spiro atoms. The average Bonchev–Trinajstić information content (AvgIpc) is 3.45. The van der Waals surface area contributed by atoms with Gasteiger partial charge in [0.25, 0.3) is 17.6 Å². The third-order valence-electron chi connectivity index (χ3n) is 6.96. The summed E-state index contributed by atoms with van der Waals surface area (Å²) < 4.78 is 1.79. The first kappa shape index (κ1) is 32.7. The monoisotopic (exact) mass is 684 g/mol. The number of aliphatic carboxylic acids is 2. The Morgan fingerprint density at radius 1 is 1.28 bits per heavy atom. The molecule has 15 nitrogen and oxygen atoms in total. The van der Waals surface area contributed by atoms with Crippen molar-refractivity contribution in [1.29, 1.82) is 0 Å². The van der Waals surface area contributed by atoms with Crippen LogP contribution in [0.3, 0.4) is 0 Å². The number of hydrogen-bond acceptors (Lipinski definition) is 14. The normalized spacial score (nSPS) is 18.1. The highest BCUT2D eigenvalue weighted by atomic mass is 32.2. The van der Waals surface area contributed by atoms with Crippen molar-refractivity contribution in [3.8, 4) is 11.1 Å². The number of benzene rings is 1. The highest BCUT2D eigenvalue weighted by molar-refractivity contribution is 8.01. The minimum absolute atomic E-state index is 0.120. The van der Waals surface area contributed by atoms with Gasteiger partial charge in [-0.15, -0.1) is 11.8 Å². The first-order chi connectivity index (χ1) is 21.8. The number of thiazole rings is 1. The van der Waals surface area contributed by atoms with Gasteiger partial charge in [-0.1, -0.05) is 46.8 Å². The Bertz CT molecular complexity index is 1790. The Morgan fingerprint density at radius 3 is 2.63 bits per heavy atom. The van der Waals surface area contributed by atoms with Crippen LogP contribution in [0.2, 0.25) is 0 Å². The van der Waals surface area contributed by atoms with Crippen molar-refractivity contribution < 1.29 is 38.8 Å². The Balaban J connectivity index is 1.32. The summed E-state index contributed by atoms with van der Waals surface area (Å²) in [7, 11) is 1.80. The lowest BCUT2D eigenvalue weighted by molar-refractivity contribution is -0.712. The van der Waals surface area contributed by atoms with Crippen LogP contribution in [0.5, 0.6) is 0 Å². The molecule has 2 unspecified atom stereocenters. The lowest BCUT2D eigenvalue weighted by Crippen LogP contribution is -2.71. The maximum absolute atomic E-state index is 13.3. The minimum atomic E-state index is -1.77. The molecule has 2 atom stereocenters. The van der Waals surface area contributed by atoms with Crippen LogP contribution >= 0.6 is 34.9 Å². The smallest absolute Gasteiger partial charge is 0.361 e. The molecular weight excluding hydrogens is 657 g/mol. The van der Waals surface area contributed by atoms with E-state index >= 15 is 0 Å². The Labute approximate surface area is 274 Å². The molecule has 2 aromatic heterocycles. The molecule has 4 heterocycles. The summed E-state index contributed by atoms with van der Waals surface area (Å²) in [6.45, 7) is 2.49. The zero-order valence-corrected chi connectivity index (χ0v) is 27.1. The van der Waals surface area contributed by atoms with E-state index in [0.717, 1.165) is 27.4 Å². The third kappa shape index (κ3) is 6.49. The van der Waals surface area contributed by atoms with Crippen LogP contribution in [-0.2, 0) is 31.1 Å². The fraction of sp³-hybridized carbons (Fsp3) is 0.286. The van der Waals surface area contributed by atoms with E-state index in [9.17, 15) is 29.4 Å². The average molecular weight is 685 g/mol. The zero-order valence-electron chi connectivity index (χ0n) is 24.6. The highest BCUT2D eigenvalue weighted by Crippen LogP contribution is 2.41. The molecule has 2 aliphatic rings. The molecule has 5 rings (SSSR count). The second-order valence-electron chi connectivity index (χ2n) is 10.6. The summed E-state index contributed by atoms with van der Waals surface area (Å²) in [5.41, 5.74) is 11.7. The number of thioether (sulfide) groups is 2. The Morgan fingerprint density at radius 2 is 2.00 bits per heavy atom. The molecule has 0 radical (unpaired) electrons. The molecule has 0 saturated carbocycles. The number of oxime groups is 1. The number of β-lactam (4-membered cyclic amide) rings is 1. The SMILES string of the molecule is C[n+]1cc(-c2ccccc2)c(N)nc1SCC1=C(C(=O)[O-])N2C(=O)C(NC(=O)/C(=N\OC(C)(C)C(=O)O)c3cnc(N)s3)C2SC1. The standard InChI is InChI=1S/C28H28N8O7S3/c1-28(2,25(41)42)43-34-17(16-9-31-26(30)46-16)21(37)32-18-22(38)36-19(24(39)40)14(11-44-23(18)36)12-45-27-33-20(29)15(10-35(27)3)13-7-5-4-6-8-13/h4-10,18,23,29H,11-12H2,1-3H3,(H5,30,31,32,34,37,39,40,41,42). The van der Waals surface area contributed by atoms with Crippen molar-refractivity contribution >= 4 is 75.3 Å². The molecule has 1 saturated heterocycles. The van der Waals surface area contributed by atoms with Crippen molar-refractivity contribution in [2.75, 3.05) is 23.0 Å². The maximum Gasteiger partial charge on any atom is 0.361 e. The van der Waals surface area contributed by atoms with Gasteiger partial charge in [0.15, 0.2) is 10.8 Å². The second kappa shape index (κ2) is 13.0. The van der Waals surface area contributed by atoms with Gasteiger partial charge in [0.05, 0.1) is 29.2 Å². The van der Waals surface area contributed by atoms with Gasteiger partial charge >= 0.3 is 11.1 Å². The molecule has 18 heteroatoms. The summed E-state index contributed by atoms with van der Waals surface area (Å²) in [6.07, 6.45) is 3.11. The summed E-state index contributed by atoms with van der Waals surface area (Å²) >= 11 is 3.44. The number of carboxylic acids is 2. The molecule has 2 amide bonds. The van der Waals surface area contributed by atoms with Crippen LogP contribution in [0.15, 0.2) is 64.3 Å². The van der Waals surface area contributed by atoms with Crippen LogP contribution in [-0.4, -0.2) is 78.0 Å². The van der Waals surface area contributed by atoms with E-state index in [1.54, 1.807) is 11.6 Å². The topological polar surface area (TPSA) is 230 Å². The molecule has 46 heavy (non-hydrogen) atoms.